The van der Waals surface area contributed by atoms with Crippen molar-refractivity contribution in [2.45, 2.75) is 12.8 Å². The average Bonchev–Trinajstić information content (AvgIpc) is 2.41. The number of hydrogen-bond acceptors (Lipinski definition) is 3. The first-order valence-corrected chi connectivity index (χ1v) is 6.70. The fraction of sp³-hybridized carbons (Fsp3) is 0.143. The van der Waals surface area contributed by atoms with Crippen LogP contribution >= 0.6 is 23.2 Å². The minimum absolute atomic E-state index is 0.0264. The first-order valence-electron chi connectivity index (χ1n) is 5.78. The minimum atomic E-state index is -0.444. The Balaban J connectivity index is 2.35. The number of hydrogen-bond donors (Lipinski definition) is 0. The zero-order valence-corrected chi connectivity index (χ0v) is 12.1. The van der Waals surface area contributed by atoms with Crippen molar-refractivity contribution in [2.24, 2.45) is 0 Å². The van der Waals surface area contributed by atoms with E-state index in [1.54, 1.807) is 31.2 Å². The van der Waals surface area contributed by atoms with Crippen LogP contribution in [0.1, 0.15) is 11.1 Å². The third-order valence-corrected chi connectivity index (χ3v) is 3.29. The molecule has 20 heavy (non-hydrogen) atoms. The molecule has 0 fully saturated rings. The summed E-state index contributed by atoms with van der Waals surface area (Å²) in [5, 5.41) is 11.2. The minimum Gasteiger partial charge on any atom is -0.457 e. The van der Waals surface area contributed by atoms with Gasteiger partial charge in [0.15, 0.2) is 0 Å². The van der Waals surface area contributed by atoms with Crippen LogP contribution in [0.15, 0.2) is 36.4 Å². The van der Waals surface area contributed by atoms with Crippen LogP contribution in [0.5, 0.6) is 11.5 Å². The van der Waals surface area contributed by atoms with Crippen molar-refractivity contribution in [2.75, 3.05) is 0 Å². The summed E-state index contributed by atoms with van der Waals surface area (Å²) in [6.45, 7) is 1.74. The molecule has 0 saturated heterocycles. The predicted octanol–water partition coefficient (Wildman–Crippen LogP) is 5.09. The zero-order chi connectivity index (χ0) is 14.7. The zero-order valence-electron chi connectivity index (χ0n) is 10.6. The van der Waals surface area contributed by atoms with E-state index in [4.69, 9.17) is 27.9 Å². The molecule has 0 heterocycles. The number of nitrogens with zero attached hydrogens (tertiary/aromatic N) is 1. The van der Waals surface area contributed by atoms with E-state index in [1.807, 2.05) is 0 Å². The SMILES string of the molecule is Cc1cc([N+](=O)[O-])ccc1Oc1cc(Cl)ccc1CCl. The molecule has 0 saturated carbocycles. The van der Waals surface area contributed by atoms with Crippen molar-refractivity contribution in [1.82, 2.24) is 0 Å². The van der Waals surface area contributed by atoms with Gasteiger partial charge in [0, 0.05) is 22.7 Å². The maximum atomic E-state index is 10.7. The first-order chi connectivity index (χ1) is 9.51. The summed E-state index contributed by atoms with van der Waals surface area (Å²) in [6.07, 6.45) is 0. The molecule has 2 rings (SSSR count). The molecule has 2 aromatic carbocycles. The highest BCUT2D eigenvalue weighted by Crippen LogP contribution is 2.32. The maximum absolute atomic E-state index is 10.7. The van der Waals surface area contributed by atoms with Crippen molar-refractivity contribution in [3.63, 3.8) is 0 Å². The van der Waals surface area contributed by atoms with E-state index in [1.165, 1.54) is 12.1 Å². The van der Waals surface area contributed by atoms with Crippen LogP contribution in [0.2, 0.25) is 5.02 Å². The van der Waals surface area contributed by atoms with Gasteiger partial charge in [-0.1, -0.05) is 17.7 Å². The molecule has 0 aliphatic heterocycles. The fourth-order valence-electron chi connectivity index (χ4n) is 1.71. The van der Waals surface area contributed by atoms with Gasteiger partial charge in [-0.15, -0.1) is 11.6 Å². The lowest BCUT2D eigenvalue weighted by atomic mass is 10.2. The normalized spacial score (nSPS) is 10.3. The van der Waals surface area contributed by atoms with Crippen LogP contribution in [-0.2, 0) is 5.88 Å². The van der Waals surface area contributed by atoms with E-state index in [2.05, 4.69) is 0 Å². The van der Waals surface area contributed by atoms with E-state index >= 15 is 0 Å². The second kappa shape index (κ2) is 6.11. The van der Waals surface area contributed by atoms with Crippen LogP contribution in [0.3, 0.4) is 0 Å². The number of ether oxygens (including phenoxy) is 1. The Kier molecular flexibility index (Phi) is 4.47. The van der Waals surface area contributed by atoms with Crippen LogP contribution in [-0.4, -0.2) is 4.92 Å². The van der Waals surface area contributed by atoms with E-state index in [0.717, 1.165) is 5.56 Å². The number of non-ortho nitro benzene ring substituents is 1. The van der Waals surface area contributed by atoms with Gasteiger partial charge >= 0.3 is 0 Å². The summed E-state index contributed by atoms with van der Waals surface area (Å²) in [7, 11) is 0. The number of alkyl halides is 1. The lowest BCUT2D eigenvalue weighted by Crippen LogP contribution is -1.94. The van der Waals surface area contributed by atoms with Crippen LogP contribution in [0.4, 0.5) is 5.69 Å². The van der Waals surface area contributed by atoms with Gasteiger partial charge in [0.1, 0.15) is 11.5 Å². The Hall–Kier alpha value is -1.78. The Morgan fingerprint density at radius 3 is 2.55 bits per heavy atom. The Morgan fingerprint density at radius 1 is 1.20 bits per heavy atom. The molecular formula is C14H11Cl2NO3. The molecular weight excluding hydrogens is 301 g/mol. The van der Waals surface area contributed by atoms with Crippen molar-refractivity contribution < 1.29 is 9.66 Å². The summed E-state index contributed by atoms with van der Waals surface area (Å²) in [5.41, 5.74) is 1.49. The lowest BCUT2D eigenvalue weighted by Gasteiger charge is -2.12. The topological polar surface area (TPSA) is 52.4 Å². The van der Waals surface area contributed by atoms with Crippen molar-refractivity contribution >= 4 is 28.9 Å². The second-order valence-corrected chi connectivity index (χ2v) is 4.90. The Morgan fingerprint density at radius 2 is 1.95 bits per heavy atom. The molecule has 4 nitrogen and oxygen atoms in total. The molecule has 104 valence electrons. The highest BCUT2D eigenvalue weighted by atomic mass is 35.5. The third-order valence-electron chi connectivity index (χ3n) is 2.76. The molecule has 0 atom stereocenters. The van der Waals surface area contributed by atoms with Crippen LogP contribution < -0.4 is 4.74 Å². The lowest BCUT2D eigenvalue weighted by molar-refractivity contribution is -0.384. The molecule has 0 bridgehead atoms. The molecule has 0 aliphatic carbocycles. The van der Waals surface area contributed by atoms with E-state index in [-0.39, 0.29) is 5.69 Å². The van der Waals surface area contributed by atoms with Crippen molar-refractivity contribution in [3.05, 3.63) is 62.7 Å². The Labute approximate surface area is 126 Å². The van der Waals surface area contributed by atoms with Crippen LogP contribution in [0.25, 0.3) is 0 Å². The number of halogens is 2. The molecule has 0 unspecified atom stereocenters. The summed E-state index contributed by atoms with van der Waals surface area (Å²) in [4.78, 5) is 10.3. The van der Waals surface area contributed by atoms with Gasteiger partial charge in [-0.05, 0) is 30.7 Å². The number of rotatable bonds is 4. The molecule has 0 radical (unpaired) electrons. The third kappa shape index (κ3) is 3.21. The summed E-state index contributed by atoms with van der Waals surface area (Å²) in [6, 6.07) is 9.60. The van der Waals surface area contributed by atoms with Gasteiger partial charge in [0.2, 0.25) is 0 Å². The van der Waals surface area contributed by atoms with Gasteiger partial charge in [0.05, 0.1) is 10.8 Å². The standard InChI is InChI=1S/C14H11Cl2NO3/c1-9-6-12(17(18)19)4-5-13(9)20-14-7-11(16)3-2-10(14)8-15/h2-7H,8H2,1H3. The monoisotopic (exact) mass is 311 g/mol. The maximum Gasteiger partial charge on any atom is 0.269 e. The number of benzene rings is 2. The molecule has 0 spiro atoms. The summed E-state index contributed by atoms with van der Waals surface area (Å²) in [5.74, 6) is 1.37. The highest BCUT2D eigenvalue weighted by Gasteiger charge is 2.11. The number of nitro groups is 1. The van der Waals surface area contributed by atoms with Gasteiger partial charge < -0.3 is 4.74 Å². The molecule has 0 aromatic heterocycles. The largest absolute Gasteiger partial charge is 0.457 e. The van der Waals surface area contributed by atoms with Gasteiger partial charge in [0.25, 0.3) is 5.69 Å². The summed E-state index contributed by atoms with van der Waals surface area (Å²) >= 11 is 11.8. The highest BCUT2D eigenvalue weighted by molar-refractivity contribution is 6.30. The number of aryl methyl sites for hydroxylation is 1. The van der Waals surface area contributed by atoms with Crippen molar-refractivity contribution in [1.29, 1.82) is 0 Å². The first kappa shape index (κ1) is 14.6. The van der Waals surface area contributed by atoms with Crippen LogP contribution in [0, 0.1) is 17.0 Å². The van der Waals surface area contributed by atoms with Gasteiger partial charge in [-0.2, -0.15) is 0 Å². The summed E-state index contributed by atoms with van der Waals surface area (Å²) < 4.78 is 5.76. The van der Waals surface area contributed by atoms with Crippen molar-refractivity contribution in [3.8, 4) is 11.5 Å². The van der Waals surface area contributed by atoms with E-state index in [9.17, 15) is 10.1 Å². The second-order valence-electron chi connectivity index (χ2n) is 4.19. The smallest absolute Gasteiger partial charge is 0.269 e. The quantitative estimate of drug-likeness (QED) is 0.449. The van der Waals surface area contributed by atoms with Gasteiger partial charge in [-0.3, -0.25) is 10.1 Å². The van der Waals surface area contributed by atoms with E-state index < -0.39 is 4.92 Å². The fourth-order valence-corrected chi connectivity index (χ4v) is 2.10. The van der Waals surface area contributed by atoms with E-state index in [0.29, 0.717) is 28.0 Å². The molecule has 0 N–H and O–H groups in total. The Bertz CT molecular complexity index is 659. The number of nitro benzene ring substituents is 1. The molecule has 0 amide bonds. The molecule has 6 heteroatoms. The predicted molar refractivity (Wildman–Crippen MR) is 78.9 cm³/mol. The molecule has 0 aliphatic rings. The van der Waals surface area contributed by atoms with Gasteiger partial charge in [-0.25, -0.2) is 0 Å². The molecule has 2 aromatic rings. The average molecular weight is 312 g/mol.